The molecule has 0 bridgehead atoms. The summed E-state index contributed by atoms with van der Waals surface area (Å²) in [6, 6.07) is 9.87. The fraction of sp³-hybridized carbons (Fsp3) is 0. The first-order chi connectivity index (χ1) is 24.6. The Balaban J connectivity index is 0.000000801. The highest BCUT2D eigenvalue weighted by Crippen LogP contribution is 2.34. The molecule has 0 spiro atoms. The van der Waals surface area contributed by atoms with E-state index in [0.29, 0.717) is 0 Å². The summed E-state index contributed by atoms with van der Waals surface area (Å²) >= 11 is 0. The Morgan fingerprint density at radius 1 is 0.302 bits per heavy atom. The zero-order valence-corrected chi connectivity index (χ0v) is 24.6. The lowest BCUT2D eigenvalue weighted by Crippen LogP contribution is -2.77. The van der Waals surface area contributed by atoms with Crippen molar-refractivity contribution >= 4 is 28.4 Å². The van der Waals surface area contributed by atoms with Crippen LogP contribution in [0.4, 0.5) is 93.5 Å². The Bertz CT molecular complexity index is 2020. The molecule has 53 heavy (non-hydrogen) atoms. The van der Waals surface area contributed by atoms with Gasteiger partial charge in [-0.3, -0.25) is 0 Å². The van der Waals surface area contributed by atoms with Crippen molar-refractivity contribution < 1.29 is 98.2 Å². The number of halogens is 20. The normalized spacial score (nSPS) is 11.5. The van der Waals surface area contributed by atoms with Gasteiger partial charge in [0.05, 0.1) is 0 Å². The van der Waals surface area contributed by atoms with Gasteiger partial charge in [0.2, 0.25) is 29.1 Å². The number of hydrogen-bond donors (Lipinski definition) is 1. The summed E-state index contributed by atoms with van der Waals surface area (Å²) in [5, 5.41) is 0. The van der Waals surface area contributed by atoms with Crippen LogP contribution in [0.25, 0.3) is 0 Å². The highest BCUT2D eigenvalue weighted by molar-refractivity contribution is 7.07. The van der Waals surface area contributed by atoms with Crippen molar-refractivity contribution in [3.63, 3.8) is 0 Å². The van der Waals surface area contributed by atoms with Gasteiger partial charge < -0.3 is 10.4 Å². The average Bonchev–Trinajstić information content (AvgIpc) is 3.13. The number of quaternary nitrogens is 1. The number of rotatable bonds is 5. The Morgan fingerprint density at radius 2 is 0.509 bits per heavy atom. The summed E-state index contributed by atoms with van der Waals surface area (Å²) in [6.45, 7) is 0. The van der Waals surface area contributed by atoms with Gasteiger partial charge in [-0.1, -0.05) is 34.6 Å². The van der Waals surface area contributed by atoms with E-state index in [0.717, 1.165) is 5.69 Å². The monoisotopic (exact) mass is 789 g/mol. The maximum Gasteiger partial charge on any atom is 0.266 e. The summed E-state index contributed by atoms with van der Waals surface area (Å²) in [5.41, 5.74) is -5.73. The molecule has 3 N–H and O–H groups in total. The summed E-state index contributed by atoms with van der Waals surface area (Å²) in [6.07, 6.45) is -7.11. The highest BCUT2D eigenvalue weighted by atomic mass is 19.2. The van der Waals surface area contributed by atoms with Crippen LogP contribution in [-0.2, 0) is 0 Å². The third-order valence-corrected chi connectivity index (χ3v) is 7.26. The molecule has 0 heterocycles. The number of benzene rings is 5. The molecule has 0 aliphatic rings. The third-order valence-electron chi connectivity index (χ3n) is 7.26. The van der Waals surface area contributed by atoms with Crippen LogP contribution < -0.4 is 26.8 Å². The molecule has 2 nitrogen and oxygen atoms in total. The SMILES string of the molecule is Fc1c(F)c(F)c(O[B-](c2c(F)c(F)c(F)c(F)c2F)(c2c(F)c(F)c(F)c(F)c2F)c2c(F)c(F)c(F)c(F)c2F)c(F)c1F.[NH3+]c1ccccc1. The second kappa shape index (κ2) is 14.5. The molecule has 0 radical (unpaired) electrons. The largest absolute Gasteiger partial charge is 0.698 e. The molecule has 23 heteroatoms. The average molecular weight is 789 g/mol. The van der Waals surface area contributed by atoms with Crippen molar-refractivity contribution in [3.8, 4) is 5.75 Å². The number of hydrogen-bond acceptors (Lipinski definition) is 1. The fourth-order valence-corrected chi connectivity index (χ4v) is 4.89. The molecule has 0 amide bonds. The Labute approximate surface area is 279 Å². The molecule has 0 aliphatic carbocycles. The van der Waals surface area contributed by atoms with E-state index in [9.17, 15) is 61.5 Å². The van der Waals surface area contributed by atoms with Crippen LogP contribution in [0.5, 0.6) is 5.75 Å². The third kappa shape index (κ3) is 6.25. The lowest BCUT2D eigenvalue weighted by atomic mass is 9.27. The standard InChI is InChI=1S/C24BF20O.C6H7N/c26-4-1(5(27)11(33)16(38)10(4)32)25(2-6(28)12(34)17(39)13(35)7(2)29,3-8(30)14(36)18(40)15(37)9(3)31)46-24-22(44)20(42)19(41)21(43)23(24)45;7-6-4-2-1-3-5-6/h;1-5H,7H2/q-1;/p+1. The van der Waals surface area contributed by atoms with Crippen molar-refractivity contribution in [3.05, 3.63) is 147 Å². The van der Waals surface area contributed by atoms with Gasteiger partial charge in [-0.05, 0) is 12.1 Å². The van der Waals surface area contributed by atoms with Crippen LogP contribution in [0.1, 0.15) is 0 Å². The molecule has 5 aromatic carbocycles. The van der Waals surface area contributed by atoms with Crippen LogP contribution in [0.15, 0.2) is 30.3 Å². The molecule has 0 saturated carbocycles. The van der Waals surface area contributed by atoms with E-state index in [1.807, 2.05) is 30.3 Å². The Morgan fingerprint density at radius 3 is 0.717 bits per heavy atom. The zero-order valence-electron chi connectivity index (χ0n) is 24.6. The molecule has 0 saturated heterocycles. The minimum absolute atomic E-state index is 1.07. The first-order valence-corrected chi connectivity index (χ1v) is 13.3. The molecule has 0 aliphatic heterocycles. The maximum absolute atomic E-state index is 15.3. The van der Waals surface area contributed by atoms with Crippen LogP contribution in [0.2, 0.25) is 0 Å². The quantitative estimate of drug-likeness (QED) is 0.0881. The molecule has 0 unspecified atom stereocenters. The molecular formula is C30H8BF20NO. The van der Waals surface area contributed by atoms with Crippen molar-refractivity contribution in [2.75, 3.05) is 0 Å². The smallest absolute Gasteiger partial charge is 0.266 e. The predicted octanol–water partition coefficient (Wildman–Crippen LogP) is 7.07. The van der Waals surface area contributed by atoms with Crippen LogP contribution in [-0.4, -0.2) is 6.35 Å². The van der Waals surface area contributed by atoms with E-state index in [4.69, 9.17) is 0 Å². The molecule has 0 aromatic heterocycles. The lowest BCUT2D eigenvalue weighted by Gasteiger charge is -2.45. The van der Waals surface area contributed by atoms with Gasteiger partial charge in [-0.15, -0.1) is 0 Å². The molecular weight excluding hydrogens is 781 g/mol. The summed E-state index contributed by atoms with van der Waals surface area (Å²) in [4.78, 5) is 0. The minimum Gasteiger partial charge on any atom is -0.698 e. The van der Waals surface area contributed by atoms with Gasteiger partial charge in [0.1, 0.15) is 46.3 Å². The van der Waals surface area contributed by atoms with Gasteiger partial charge in [-0.25, -0.2) is 79.0 Å². The summed E-state index contributed by atoms with van der Waals surface area (Å²) in [7, 11) is 0. The van der Waals surface area contributed by atoms with Crippen molar-refractivity contribution in [2.45, 2.75) is 0 Å². The molecule has 282 valence electrons. The molecule has 0 atom stereocenters. The van der Waals surface area contributed by atoms with Gasteiger partial charge in [0, 0.05) is 0 Å². The Kier molecular flexibility index (Phi) is 11.0. The van der Waals surface area contributed by atoms with Crippen LogP contribution in [0.3, 0.4) is 0 Å². The van der Waals surface area contributed by atoms with Crippen LogP contribution >= 0.6 is 0 Å². The van der Waals surface area contributed by atoms with E-state index in [-0.39, 0.29) is 0 Å². The lowest BCUT2D eigenvalue weighted by molar-refractivity contribution is -0.254. The maximum atomic E-state index is 15.3. The summed E-state index contributed by atoms with van der Waals surface area (Å²) in [5.74, 6) is -72.8. The Hall–Kier alpha value is -5.48. The summed E-state index contributed by atoms with van der Waals surface area (Å²) < 4.78 is 295. The van der Waals surface area contributed by atoms with Gasteiger partial charge in [0.25, 0.3) is 6.35 Å². The zero-order chi connectivity index (χ0) is 40.2. The minimum atomic E-state index is -7.11. The van der Waals surface area contributed by atoms with Crippen LogP contribution in [0, 0.1) is 116 Å². The first kappa shape index (κ1) is 40.3. The van der Waals surface area contributed by atoms with E-state index < -0.39 is 145 Å². The fourth-order valence-electron chi connectivity index (χ4n) is 4.89. The predicted molar refractivity (Wildman–Crippen MR) is 139 cm³/mol. The topological polar surface area (TPSA) is 36.9 Å². The van der Waals surface area contributed by atoms with Gasteiger partial charge in [0.15, 0.2) is 52.4 Å². The van der Waals surface area contributed by atoms with Gasteiger partial charge in [-0.2, -0.15) is 8.78 Å². The molecule has 0 fully saturated rings. The second-order valence-electron chi connectivity index (χ2n) is 10.2. The second-order valence-corrected chi connectivity index (χ2v) is 10.2. The van der Waals surface area contributed by atoms with Crippen molar-refractivity contribution in [1.82, 2.24) is 0 Å². The van der Waals surface area contributed by atoms with Crippen molar-refractivity contribution in [2.24, 2.45) is 0 Å². The van der Waals surface area contributed by atoms with E-state index in [2.05, 4.69) is 10.4 Å². The van der Waals surface area contributed by atoms with Crippen molar-refractivity contribution in [1.29, 1.82) is 0 Å². The van der Waals surface area contributed by atoms with E-state index in [1.165, 1.54) is 0 Å². The highest BCUT2D eigenvalue weighted by Gasteiger charge is 2.51. The van der Waals surface area contributed by atoms with Gasteiger partial charge >= 0.3 is 0 Å². The first-order valence-electron chi connectivity index (χ1n) is 13.3. The molecule has 5 aromatic rings. The van der Waals surface area contributed by atoms with E-state index in [1.54, 1.807) is 0 Å². The van der Waals surface area contributed by atoms with E-state index >= 15 is 26.3 Å². The molecule has 5 rings (SSSR count).